The molecule has 0 aliphatic heterocycles. The zero-order valence-electron chi connectivity index (χ0n) is 5.26. The normalized spacial score (nSPS) is 8.70. The molecule has 0 saturated heterocycles. The predicted molar refractivity (Wildman–Crippen MR) is 38.6 cm³/mol. The molecular formula is C7H7N2O+. The first-order valence-electron chi connectivity index (χ1n) is 2.74. The van der Waals surface area contributed by atoms with Crippen LogP contribution in [0.5, 0.6) is 5.75 Å². The number of benzene rings is 1. The molecule has 4 N–H and O–H groups in total. The minimum atomic E-state index is 0.275. The molecule has 0 bridgehead atoms. The zero-order valence-corrected chi connectivity index (χ0v) is 5.26. The number of nitrogen functional groups attached to an aromatic ring is 1. The molecule has 0 amide bonds. The van der Waals surface area contributed by atoms with Crippen LogP contribution in [0.15, 0.2) is 18.2 Å². The number of hydrogen-bond donors (Lipinski definition) is 1. The van der Waals surface area contributed by atoms with Crippen LogP contribution in [0.25, 0.3) is 0 Å². The Labute approximate surface area is 58.3 Å². The van der Waals surface area contributed by atoms with E-state index in [4.69, 9.17) is 16.1 Å². The molecule has 0 aliphatic carbocycles. The van der Waals surface area contributed by atoms with E-state index in [1.807, 2.05) is 6.07 Å². The lowest BCUT2D eigenvalue weighted by atomic mass is 10.2. The summed E-state index contributed by atoms with van der Waals surface area (Å²) < 4.78 is 0. The van der Waals surface area contributed by atoms with Gasteiger partial charge in [-0.05, 0) is 6.07 Å². The highest BCUT2D eigenvalue weighted by Gasteiger charge is 1.97. The standard InChI is InChI=1S/C7H6N2O/c8-4-5-1-6(9)3-7(10)2-5/h1-3,10H,9H2/p+1. The first-order chi connectivity index (χ1) is 4.72. The molecule has 3 nitrogen and oxygen atoms in total. The average molecular weight is 135 g/mol. The van der Waals surface area contributed by atoms with Gasteiger partial charge in [0.15, 0.2) is 0 Å². The predicted octanol–water partition coefficient (Wildman–Crippen LogP) is 0.578. The van der Waals surface area contributed by atoms with Gasteiger partial charge in [0, 0.05) is 5.69 Å². The van der Waals surface area contributed by atoms with Gasteiger partial charge in [0.2, 0.25) is 0 Å². The van der Waals surface area contributed by atoms with Crippen LogP contribution in [0.1, 0.15) is 5.56 Å². The summed E-state index contributed by atoms with van der Waals surface area (Å²) in [6.45, 7) is 0. The molecule has 1 aromatic rings. The van der Waals surface area contributed by atoms with Gasteiger partial charge >= 0.3 is 0 Å². The molecule has 0 atom stereocenters. The van der Waals surface area contributed by atoms with E-state index in [0.717, 1.165) is 0 Å². The Bertz CT molecular complexity index is 268. The Balaban J connectivity index is 3.22. The second-order valence-corrected chi connectivity index (χ2v) is 1.96. The summed E-state index contributed by atoms with van der Waals surface area (Å²) in [5, 5.41) is 15.5. The van der Waals surface area contributed by atoms with E-state index in [0.29, 0.717) is 11.3 Å². The van der Waals surface area contributed by atoms with Crippen molar-refractivity contribution in [2.24, 2.45) is 0 Å². The van der Waals surface area contributed by atoms with Crippen LogP contribution in [0, 0.1) is 11.3 Å². The first kappa shape index (κ1) is 6.43. The number of nitrogens with two attached hydrogens (primary N) is 1. The molecule has 10 heavy (non-hydrogen) atoms. The zero-order chi connectivity index (χ0) is 7.56. The lowest BCUT2D eigenvalue weighted by Gasteiger charge is -1.91. The van der Waals surface area contributed by atoms with Crippen LogP contribution in [0.4, 0.5) is 5.69 Å². The number of anilines is 1. The summed E-state index contributed by atoms with van der Waals surface area (Å²) in [5.41, 5.74) is 6.26. The lowest BCUT2D eigenvalue weighted by molar-refractivity contribution is 0.475. The van der Waals surface area contributed by atoms with E-state index in [1.165, 1.54) is 18.2 Å². The van der Waals surface area contributed by atoms with Crippen molar-refractivity contribution in [1.29, 1.82) is 5.26 Å². The quantitative estimate of drug-likeness (QED) is 0.417. The molecule has 50 valence electrons. The third kappa shape index (κ3) is 1.17. The molecule has 0 aromatic heterocycles. The van der Waals surface area contributed by atoms with Gasteiger partial charge in [-0.25, -0.2) is 0 Å². The van der Waals surface area contributed by atoms with E-state index >= 15 is 0 Å². The van der Waals surface area contributed by atoms with Crippen LogP contribution in [-0.4, -0.2) is 5.11 Å². The van der Waals surface area contributed by atoms with Crippen LogP contribution >= 0.6 is 0 Å². The van der Waals surface area contributed by atoms with Gasteiger partial charge in [0.1, 0.15) is 0 Å². The molecule has 3 heteroatoms. The van der Waals surface area contributed by atoms with E-state index in [9.17, 15) is 0 Å². The summed E-state index contributed by atoms with van der Waals surface area (Å²) in [6.07, 6.45) is 0. The summed E-state index contributed by atoms with van der Waals surface area (Å²) in [7, 11) is 0. The van der Waals surface area contributed by atoms with Crippen molar-refractivity contribution >= 4 is 5.69 Å². The fourth-order valence-corrected chi connectivity index (χ4v) is 0.716. The smallest absolute Gasteiger partial charge is 0.257 e. The number of rotatable bonds is 0. The first-order valence-corrected chi connectivity index (χ1v) is 2.74. The average Bonchev–Trinajstić information content (AvgIpc) is 1.85. The van der Waals surface area contributed by atoms with Gasteiger partial charge < -0.3 is 10.8 Å². The van der Waals surface area contributed by atoms with Crippen molar-refractivity contribution in [3.8, 4) is 11.8 Å². The Kier molecular flexibility index (Phi) is 1.46. The Morgan fingerprint density at radius 1 is 1.40 bits per heavy atom. The van der Waals surface area contributed by atoms with Crippen LogP contribution < -0.4 is 5.73 Å². The number of nitriles is 1. The largest absolute Gasteiger partial charge is 0.593 e. The van der Waals surface area contributed by atoms with Crippen molar-refractivity contribution in [3.63, 3.8) is 0 Å². The SMILES string of the molecule is N#Cc1cc(N)cc([OH2+])c1. The third-order valence-corrected chi connectivity index (χ3v) is 1.08. The summed E-state index contributed by atoms with van der Waals surface area (Å²) in [6, 6.07) is 6.42. The van der Waals surface area contributed by atoms with Crippen molar-refractivity contribution in [3.05, 3.63) is 23.8 Å². The molecule has 1 aromatic carbocycles. The fraction of sp³-hybridized carbons (Fsp3) is 0. The molecule has 0 fully saturated rings. The van der Waals surface area contributed by atoms with E-state index in [-0.39, 0.29) is 5.75 Å². The topological polar surface area (TPSA) is 72.7 Å². The maximum absolute atomic E-state index is 8.40. The van der Waals surface area contributed by atoms with Crippen molar-refractivity contribution in [2.45, 2.75) is 0 Å². The molecule has 1 rings (SSSR count). The third-order valence-electron chi connectivity index (χ3n) is 1.08. The van der Waals surface area contributed by atoms with Gasteiger partial charge in [-0.2, -0.15) is 5.26 Å². The Morgan fingerprint density at radius 3 is 2.60 bits per heavy atom. The molecule has 0 heterocycles. The minimum absolute atomic E-state index is 0.275. The van der Waals surface area contributed by atoms with Crippen LogP contribution in [-0.2, 0) is 0 Å². The Morgan fingerprint density at radius 2 is 2.10 bits per heavy atom. The second-order valence-electron chi connectivity index (χ2n) is 1.96. The maximum atomic E-state index is 8.40. The van der Waals surface area contributed by atoms with E-state index < -0.39 is 0 Å². The highest BCUT2D eigenvalue weighted by Crippen LogP contribution is 2.15. The molecule has 0 radical (unpaired) electrons. The lowest BCUT2D eigenvalue weighted by Crippen LogP contribution is -1.84. The van der Waals surface area contributed by atoms with Crippen molar-refractivity contribution < 1.29 is 5.11 Å². The van der Waals surface area contributed by atoms with Gasteiger partial charge in [-0.15, -0.1) is 0 Å². The minimum Gasteiger partial charge on any atom is -0.593 e. The highest BCUT2D eigenvalue weighted by molar-refractivity contribution is 5.50. The van der Waals surface area contributed by atoms with Gasteiger partial charge in [-0.1, -0.05) is 0 Å². The molecule has 0 unspecified atom stereocenters. The van der Waals surface area contributed by atoms with Gasteiger partial charge in [0.05, 0.1) is 23.8 Å². The highest BCUT2D eigenvalue weighted by atomic mass is 16.3. The van der Waals surface area contributed by atoms with Crippen molar-refractivity contribution in [1.82, 2.24) is 0 Å². The molecule has 0 aliphatic rings. The Hall–Kier alpha value is -1.69. The van der Waals surface area contributed by atoms with Gasteiger partial charge in [0.25, 0.3) is 5.75 Å². The fourth-order valence-electron chi connectivity index (χ4n) is 0.716. The maximum Gasteiger partial charge on any atom is 0.257 e. The molecule has 0 spiro atoms. The molecular weight excluding hydrogens is 128 g/mol. The monoisotopic (exact) mass is 135 g/mol. The van der Waals surface area contributed by atoms with Crippen molar-refractivity contribution in [2.75, 3.05) is 5.73 Å². The van der Waals surface area contributed by atoms with Crippen LogP contribution in [0.3, 0.4) is 0 Å². The summed E-state index contributed by atoms with van der Waals surface area (Å²) in [5.74, 6) is 0.275. The number of nitrogens with zero attached hydrogens (tertiary/aromatic N) is 1. The van der Waals surface area contributed by atoms with E-state index in [1.54, 1.807) is 0 Å². The molecule has 0 saturated carbocycles. The van der Waals surface area contributed by atoms with E-state index in [2.05, 4.69) is 0 Å². The summed E-state index contributed by atoms with van der Waals surface area (Å²) in [4.78, 5) is 0. The second kappa shape index (κ2) is 2.28. The van der Waals surface area contributed by atoms with Crippen LogP contribution in [0.2, 0.25) is 0 Å². The van der Waals surface area contributed by atoms with Gasteiger partial charge in [-0.3, -0.25) is 0 Å². The summed E-state index contributed by atoms with van der Waals surface area (Å²) >= 11 is 0. The number of hydrogen-bond acceptors (Lipinski definition) is 2.